The van der Waals surface area contributed by atoms with Crippen molar-refractivity contribution >= 4 is 5.82 Å². The predicted octanol–water partition coefficient (Wildman–Crippen LogP) is 6.41. The number of hydrogen-bond acceptors (Lipinski definition) is 7. The van der Waals surface area contributed by atoms with E-state index >= 15 is 0 Å². The number of aromatic nitrogens is 3. The fraction of sp³-hybridized carbons (Fsp3) is 0.188. The van der Waals surface area contributed by atoms with Gasteiger partial charge in [-0.3, -0.25) is 4.90 Å². The molecule has 0 amide bonds. The van der Waals surface area contributed by atoms with E-state index in [1.165, 1.54) is 5.56 Å². The molecule has 1 saturated heterocycles. The van der Waals surface area contributed by atoms with E-state index in [1.54, 1.807) is 6.20 Å². The molecule has 7 heteroatoms. The van der Waals surface area contributed by atoms with E-state index in [0.29, 0.717) is 17.8 Å². The van der Waals surface area contributed by atoms with Crippen LogP contribution in [-0.2, 0) is 6.54 Å². The predicted molar refractivity (Wildman–Crippen MR) is 151 cm³/mol. The third kappa shape index (κ3) is 5.71. The lowest BCUT2D eigenvalue weighted by molar-refractivity contribution is 0.211. The van der Waals surface area contributed by atoms with E-state index in [2.05, 4.69) is 56.6 Å². The summed E-state index contributed by atoms with van der Waals surface area (Å²) in [5.41, 5.74) is 5.12. The quantitative estimate of drug-likeness (QED) is 0.269. The number of nitrogens with zero attached hydrogens (tertiary/aromatic N) is 5. The first kappa shape index (κ1) is 24.5. The first-order valence-electron chi connectivity index (χ1n) is 13.2. The molecule has 1 N–H and O–H groups in total. The Kier molecular flexibility index (Phi) is 7.11. The molecule has 0 saturated carbocycles. The molecule has 0 atom stereocenters. The second-order valence-electron chi connectivity index (χ2n) is 9.70. The fourth-order valence-electron chi connectivity index (χ4n) is 4.97. The summed E-state index contributed by atoms with van der Waals surface area (Å²) in [4.78, 5) is 15.5. The van der Waals surface area contributed by atoms with Crippen LogP contribution in [0.1, 0.15) is 24.2 Å². The minimum absolute atomic E-state index is 0.193. The molecule has 2 aromatic heterocycles. The summed E-state index contributed by atoms with van der Waals surface area (Å²) in [6, 6.07) is 33.0. The van der Waals surface area contributed by atoms with Gasteiger partial charge in [-0.25, -0.2) is 15.0 Å². The van der Waals surface area contributed by atoms with Crippen LogP contribution in [0.25, 0.3) is 34.0 Å². The van der Waals surface area contributed by atoms with Crippen molar-refractivity contribution in [1.82, 2.24) is 19.9 Å². The molecule has 5 aromatic rings. The number of piperidine rings is 1. The van der Waals surface area contributed by atoms with Gasteiger partial charge in [-0.2, -0.15) is 5.26 Å². The normalized spacial score (nSPS) is 14.1. The molecule has 6 rings (SSSR count). The highest BCUT2D eigenvalue weighted by Crippen LogP contribution is 2.36. The maximum atomic E-state index is 9.02. The van der Waals surface area contributed by atoms with Crippen molar-refractivity contribution in [2.75, 3.05) is 18.4 Å². The summed E-state index contributed by atoms with van der Waals surface area (Å²) in [7, 11) is 0. The molecule has 0 spiro atoms. The number of nitrogens with one attached hydrogen (secondary N) is 1. The van der Waals surface area contributed by atoms with E-state index in [0.717, 1.165) is 60.6 Å². The molecule has 0 radical (unpaired) electrons. The summed E-state index contributed by atoms with van der Waals surface area (Å²) in [5.74, 6) is 2.31. The van der Waals surface area contributed by atoms with E-state index in [9.17, 15) is 0 Å². The van der Waals surface area contributed by atoms with Gasteiger partial charge in [-0.15, -0.1) is 0 Å². The second kappa shape index (κ2) is 11.3. The molecule has 0 bridgehead atoms. The Morgan fingerprint density at radius 2 is 1.51 bits per heavy atom. The Morgan fingerprint density at radius 1 is 0.821 bits per heavy atom. The van der Waals surface area contributed by atoms with Crippen LogP contribution >= 0.6 is 0 Å². The van der Waals surface area contributed by atoms with Crippen molar-refractivity contribution in [1.29, 1.82) is 5.26 Å². The van der Waals surface area contributed by atoms with Gasteiger partial charge in [0, 0.05) is 48.6 Å². The second-order valence-corrected chi connectivity index (χ2v) is 9.70. The molecule has 0 unspecified atom stereocenters. The Morgan fingerprint density at radius 3 is 2.21 bits per heavy atom. The summed E-state index contributed by atoms with van der Waals surface area (Å²) in [6.45, 7) is 2.89. The Hall–Kier alpha value is -4.80. The topological polar surface area (TPSA) is 90.9 Å². The van der Waals surface area contributed by atoms with Crippen LogP contribution in [-0.4, -0.2) is 39.0 Å². The first-order chi connectivity index (χ1) is 19.2. The number of hydrogen-bond donors (Lipinski definition) is 1. The number of nitriles is 1. The zero-order chi connectivity index (χ0) is 26.4. The molecule has 3 heterocycles. The number of benzene rings is 3. The van der Waals surface area contributed by atoms with Gasteiger partial charge in [0.05, 0.1) is 0 Å². The van der Waals surface area contributed by atoms with Gasteiger partial charge in [0.15, 0.2) is 5.76 Å². The molecule has 192 valence electrons. The molecule has 1 fully saturated rings. The molecular weight excluding hydrogens is 484 g/mol. The highest BCUT2D eigenvalue weighted by atomic mass is 16.4. The highest BCUT2D eigenvalue weighted by Gasteiger charge is 2.21. The molecule has 3 aromatic carbocycles. The lowest BCUT2D eigenvalue weighted by Crippen LogP contribution is -2.38. The molecule has 7 nitrogen and oxygen atoms in total. The SMILES string of the molecule is N#Cc1nccc(NC2CCN(Cc3ccc(-c4oc(-c5ccccc5)nc4-c4ccccc4)cc3)CC2)n1. The average molecular weight is 513 g/mol. The minimum atomic E-state index is 0.193. The number of oxazole rings is 1. The molecular formula is C32H28N6O. The largest absolute Gasteiger partial charge is 0.435 e. The van der Waals surface area contributed by atoms with Crippen LogP contribution in [0, 0.1) is 11.3 Å². The number of rotatable bonds is 7. The third-order valence-electron chi connectivity index (χ3n) is 7.01. The van der Waals surface area contributed by atoms with Crippen molar-refractivity contribution in [3.8, 4) is 40.1 Å². The fourth-order valence-corrected chi connectivity index (χ4v) is 4.97. The van der Waals surface area contributed by atoms with Gasteiger partial charge in [-0.1, -0.05) is 72.8 Å². The van der Waals surface area contributed by atoms with Crippen molar-refractivity contribution in [3.05, 3.63) is 109 Å². The zero-order valence-electron chi connectivity index (χ0n) is 21.5. The van der Waals surface area contributed by atoms with Crippen LogP contribution in [0.4, 0.5) is 5.82 Å². The van der Waals surface area contributed by atoms with Crippen LogP contribution in [0.3, 0.4) is 0 Å². The summed E-state index contributed by atoms with van der Waals surface area (Å²) in [5, 5.41) is 12.5. The van der Waals surface area contributed by atoms with E-state index in [1.807, 2.05) is 60.7 Å². The summed E-state index contributed by atoms with van der Waals surface area (Å²) >= 11 is 0. The van der Waals surface area contributed by atoms with Crippen LogP contribution < -0.4 is 5.32 Å². The van der Waals surface area contributed by atoms with Gasteiger partial charge in [0.1, 0.15) is 17.6 Å². The van der Waals surface area contributed by atoms with Crippen molar-refractivity contribution in [2.45, 2.75) is 25.4 Å². The molecule has 1 aliphatic rings. The average Bonchev–Trinajstić information content (AvgIpc) is 3.45. The maximum absolute atomic E-state index is 9.02. The monoisotopic (exact) mass is 512 g/mol. The van der Waals surface area contributed by atoms with Gasteiger partial charge < -0.3 is 9.73 Å². The standard InChI is InChI=1S/C32H28N6O/c33-21-29-34-18-15-28(36-29)35-27-16-19-38(20-17-27)22-23-11-13-25(14-12-23)31-30(24-7-3-1-4-8-24)37-32(39-31)26-9-5-2-6-10-26/h1-15,18,27H,16-17,19-20,22H2,(H,34,35,36). The molecule has 1 aliphatic heterocycles. The van der Waals surface area contributed by atoms with Crippen molar-refractivity contribution in [3.63, 3.8) is 0 Å². The van der Waals surface area contributed by atoms with Gasteiger partial charge in [0.25, 0.3) is 0 Å². The Labute approximate surface area is 227 Å². The maximum Gasteiger partial charge on any atom is 0.234 e. The van der Waals surface area contributed by atoms with Crippen LogP contribution in [0.15, 0.2) is 102 Å². The highest BCUT2D eigenvalue weighted by molar-refractivity contribution is 5.79. The Balaban J connectivity index is 1.14. The first-order valence-corrected chi connectivity index (χ1v) is 13.2. The lowest BCUT2D eigenvalue weighted by atomic mass is 10.0. The summed E-state index contributed by atoms with van der Waals surface area (Å²) < 4.78 is 6.35. The van der Waals surface area contributed by atoms with E-state index < -0.39 is 0 Å². The summed E-state index contributed by atoms with van der Waals surface area (Å²) in [6.07, 6.45) is 3.66. The third-order valence-corrected chi connectivity index (χ3v) is 7.01. The van der Waals surface area contributed by atoms with Crippen LogP contribution in [0.5, 0.6) is 0 Å². The minimum Gasteiger partial charge on any atom is -0.435 e. The molecule has 39 heavy (non-hydrogen) atoms. The van der Waals surface area contributed by atoms with Gasteiger partial charge >= 0.3 is 0 Å². The van der Waals surface area contributed by atoms with Gasteiger partial charge in [0.2, 0.25) is 11.7 Å². The Bertz CT molecular complexity index is 1570. The molecule has 0 aliphatic carbocycles. The van der Waals surface area contributed by atoms with Crippen LogP contribution in [0.2, 0.25) is 0 Å². The van der Waals surface area contributed by atoms with Gasteiger partial charge in [-0.05, 0) is 36.6 Å². The number of anilines is 1. The van der Waals surface area contributed by atoms with E-state index in [4.69, 9.17) is 14.7 Å². The number of likely N-dealkylation sites (tertiary alicyclic amines) is 1. The smallest absolute Gasteiger partial charge is 0.234 e. The zero-order valence-corrected chi connectivity index (χ0v) is 21.5. The van der Waals surface area contributed by atoms with Crippen molar-refractivity contribution < 1.29 is 4.42 Å². The van der Waals surface area contributed by atoms with Crippen molar-refractivity contribution in [2.24, 2.45) is 0 Å². The van der Waals surface area contributed by atoms with E-state index in [-0.39, 0.29) is 5.82 Å². The lowest BCUT2D eigenvalue weighted by Gasteiger charge is -2.32.